The summed E-state index contributed by atoms with van der Waals surface area (Å²) < 4.78 is 0. The fourth-order valence-corrected chi connectivity index (χ4v) is 1.13. The van der Waals surface area contributed by atoms with E-state index in [2.05, 4.69) is 15.5 Å². The van der Waals surface area contributed by atoms with Crippen LogP contribution in [0.3, 0.4) is 0 Å². The molecule has 1 heterocycles. The van der Waals surface area contributed by atoms with Crippen LogP contribution in [0.4, 0.5) is 5.82 Å². The third-order valence-electron chi connectivity index (χ3n) is 1.95. The summed E-state index contributed by atoms with van der Waals surface area (Å²) >= 11 is 0. The molecule has 0 saturated carbocycles. The second-order valence-electron chi connectivity index (χ2n) is 3.41. The molecule has 0 unspecified atom stereocenters. The minimum atomic E-state index is -0.245. The van der Waals surface area contributed by atoms with E-state index < -0.39 is 0 Å². The van der Waals surface area contributed by atoms with Gasteiger partial charge in [-0.2, -0.15) is 5.10 Å². The normalized spacial score (nSPS) is 9.93. The van der Waals surface area contributed by atoms with Crippen molar-refractivity contribution in [1.82, 2.24) is 10.2 Å². The zero-order chi connectivity index (χ0) is 11.1. The number of hydrogen-bond acceptors (Lipinski definition) is 4. The van der Waals surface area contributed by atoms with E-state index in [-0.39, 0.29) is 5.91 Å². The van der Waals surface area contributed by atoms with Gasteiger partial charge in [0, 0.05) is 13.0 Å². The molecule has 0 aromatic carbocycles. The lowest BCUT2D eigenvalue weighted by Gasteiger charge is -2.03. The first kappa shape index (κ1) is 11.4. The Labute approximate surface area is 89.1 Å². The number of aromatic nitrogens is 2. The van der Waals surface area contributed by atoms with E-state index in [1.807, 2.05) is 19.1 Å². The summed E-state index contributed by atoms with van der Waals surface area (Å²) in [4.78, 5) is 10.4. The van der Waals surface area contributed by atoms with E-state index in [0.717, 1.165) is 30.9 Å². The van der Waals surface area contributed by atoms with Gasteiger partial charge >= 0.3 is 0 Å². The van der Waals surface area contributed by atoms with Crippen LogP contribution in [0.25, 0.3) is 0 Å². The molecule has 1 aromatic rings. The lowest BCUT2D eigenvalue weighted by atomic mass is 10.2. The molecule has 5 heteroatoms. The molecule has 0 radical (unpaired) electrons. The molecule has 0 atom stereocenters. The molecule has 0 saturated heterocycles. The Morgan fingerprint density at radius 2 is 2.20 bits per heavy atom. The lowest BCUT2D eigenvalue weighted by Crippen LogP contribution is -2.11. The molecule has 1 rings (SSSR count). The van der Waals surface area contributed by atoms with Gasteiger partial charge in [-0.25, -0.2) is 0 Å². The second-order valence-corrected chi connectivity index (χ2v) is 3.41. The number of amides is 1. The molecule has 1 amide bonds. The summed E-state index contributed by atoms with van der Waals surface area (Å²) in [7, 11) is 0. The average Bonchev–Trinajstić information content (AvgIpc) is 2.20. The summed E-state index contributed by atoms with van der Waals surface area (Å²) in [6.45, 7) is 2.68. The van der Waals surface area contributed by atoms with Crippen molar-refractivity contribution in [1.29, 1.82) is 0 Å². The van der Waals surface area contributed by atoms with Crippen LogP contribution in [0.15, 0.2) is 12.1 Å². The molecule has 0 bridgehead atoms. The number of unbranched alkanes of at least 4 members (excludes halogenated alkanes) is 1. The van der Waals surface area contributed by atoms with Gasteiger partial charge in [-0.05, 0) is 31.9 Å². The van der Waals surface area contributed by atoms with Gasteiger partial charge in [0.15, 0.2) is 0 Å². The molecule has 0 aliphatic rings. The number of nitrogens with one attached hydrogen (secondary N) is 1. The van der Waals surface area contributed by atoms with Gasteiger partial charge in [0.25, 0.3) is 0 Å². The number of hydrogen-bond donors (Lipinski definition) is 2. The van der Waals surface area contributed by atoms with Crippen molar-refractivity contribution >= 4 is 11.7 Å². The number of aryl methyl sites for hydroxylation is 1. The minimum absolute atomic E-state index is 0.245. The van der Waals surface area contributed by atoms with Crippen molar-refractivity contribution in [2.75, 3.05) is 11.9 Å². The predicted octanol–water partition coefficient (Wildman–Crippen LogP) is 0.853. The summed E-state index contributed by atoms with van der Waals surface area (Å²) in [5.74, 6) is 0.518. The van der Waals surface area contributed by atoms with Gasteiger partial charge in [0.2, 0.25) is 5.91 Å². The van der Waals surface area contributed by atoms with Gasteiger partial charge in [0.05, 0.1) is 5.69 Å². The van der Waals surface area contributed by atoms with Crippen LogP contribution >= 0.6 is 0 Å². The largest absolute Gasteiger partial charge is 0.370 e. The molecular weight excluding hydrogens is 192 g/mol. The molecule has 0 aliphatic carbocycles. The molecule has 5 nitrogen and oxygen atoms in total. The highest BCUT2D eigenvalue weighted by atomic mass is 16.1. The van der Waals surface area contributed by atoms with Crippen molar-refractivity contribution in [3.63, 3.8) is 0 Å². The molecule has 82 valence electrons. The Morgan fingerprint density at radius 3 is 2.80 bits per heavy atom. The molecular formula is C10H16N4O. The smallest absolute Gasteiger partial charge is 0.217 e. The minimum Gasteiger partial charge on any atom is -0.370 e. The van der Waals surface area contributed by atoms with E-state index in [9.17, 15) is 4.79 Å². The molecule has 0 aliphatic heterocycles. The molecule has 1 aromatic heterocycles. The van der Waals surface area contributed by atoms with Gasteiger partial charge in [-0.1, -0.05) is 0 Å². The lowest BCUT2D eigenvalue weighted by molar-refractivity contribution is -0.118. The highest BCUT2D eigenvalue weighted by Crippen LogP contribution is 2.02. The summed E-state index contributed by atoms with van der Waals surface area (Å²) in [5.41, 5.74) is 5.92. The van der Waals surface area contributed by atoms with Crippen LogP contribution in [0.5, 0.6) is 0 Å². The van der Waals surface area contributed by atoms with E-state index in [1.54, 1.807) is 0 Å². The fourth-order valence-electron chi connectivity index (χ4n) is 1.13. The van der Waals surface area contributed by atoms with Crippen LogP contribution in [0, 0.1) is 6.92 Å². The first-order chi connectivity index (χ1) is 7.18. The van der Waals surface area contributed by atoms with Crippen molar-refractivity contribution in [3.8, 4) is 0 Å². The number of rotatable bonds is 6. The number of primary amides is 1. The number of nitrogens with zero attached hydrogens (tertiary/aromatic N) is 2. The first-order valence-electron chi connectivity index (χ1n) is 5.01. The summed E-state index contributed by atoms with van der Waals surface area (Å²) in [5, 5.41) is 11.0. The van der Waals surface area contributed by atoms with E-state index in [4.69, 9.17) is 5.73 Å². The number of anilines is 1. The molecule has 0 fully saturated rings. The van der Waals surface area contributed by atoms with E-state index >= 15 is 0 Å². The fraction of sp³-hybridized carbons (Fsp3) is 0.500. The topological polar surface area (TPSA) is 80.9 Å². The van der Waals surface area contributed by atoms with Crippen LogP contribution in [-0.2, 0) is 4.79 Å². The number of carbonyl (C=O) groups is 1. The maximum atomic E-state index is 10.4. The van der Waals surface area contributed by atoms with Gasteiger partial charge in [0.1, 0.15) is 5.82 Å². The Kier molecular flexibility index (Phi) is 4.53. The quantitative estimate of drug-likeness (QED) is 0.679. The zero-order valence-electron chi connectivity index (χ0n) is 8.86. The number of nitrogens with two attached hydrogens (primary N) is 1. The average molecular weight is 208 g/mol. The summed E-state index contributed by atoms with van der Waals surface area (Å²) in [6.07, 6.45) is 2.15. The van der Waals surface area contributed by atoms with E-state index in [1.165, 1.54) is 0 Å². The third kappa shape index (κ3) is 4.95. The van der Waals surface area contributed by atoms with Crippen molar-refractivity contribution in [2.24, 2.45) is 5.73 Å². The van der Waals surface area contributed by atoms with Crippen molar-refractivity contribution < 1.29 is 4.79 Å². The Hall–Kier alpha value is -1.65. The highest BCUT2D eigenvalue weighted by Gasteiger charge is 1.96. The Bertz CT molecular complexity index is 310. The SMILES string of the molecule is Cc1ccc(NCCCCC(N)=O)nn1. The number of carbonyl (C=O) groups excluding carboxylic acids is 1. The monoisotopic (exact) mass is 208 g/mol. The third-order valence-corrected chi connectivity index (χ3v) is 1.95. The second kappa shape index (κ2) is 5.95. The van der Waals surface area contributed by atoms with Gasteiger partial charge < -0.3 is 11.1 Å². The van der Waals surface area contributed by atoms with Crippen LogP contribution in [0.1, 0.15) is 25.0 Å². The van der Waals surface area contributed by atoms with Crippen molar-refractivity contribution in [2.45, 2.75) is 26.2 Å². The van der Waals surface area contributed by atoms with Crippen molar-refractivity contribution in [3.05, 3.63) is 17.8 Å². The van der Waals surface area contributed by atoms with E-state index in [0.29, 0.717) is 6.42 Å². The highest BCUT2D eigenvalue weighted by molar-refractivity contribution is 5.73. The van der Waals surface area contributed by atoms with Gasteiger partial charge in [-0.3, -0.25) is 4.79 Å². The van der Waals surface area contributed by atoms with Crippen LogP contribution in [-0.4, -0.2) is 22.6 Å². The van der Waals surface area contributed by atoms with Crippen LogP contribution in [0.2, 0.25) is 0 Å². The summed E-state index contributed by atoms with van der Waals surface area (Å²) in [6, 6.07) is 3.79. The molecule has 3 N–H and O–H groups in total. The van der Waals surface area contributed by atoms with Gasteiger partial charge in [-0.15, -0.1) is 5.10 Å². The Morgan fingerprint density at radius 1 is 1.40 bits per heavy atom. The first-order valence-corrected chi connectivity index (χ1v) is 5.01. The Balaban J connectivity index is 2.15. The predicted molar refractivity (Wildman–Crippen MR) is 58.3 cm³/mol. The molecule has 15 heavy (non-hydrogen) atoms. The standard InChI is InChI=1S/C10H16N4O/c1-8-5-6-10(14-13-8)12-7-3-2-4-9(11)15/h5-6H,2-4,7H2,1H3,(H2,11,15)(H,12,14). The zero-order valence-corrected chi connectivity index (χ0v) is 8.86. The maximum Gasteiger partial charge on any atom is 0.217 e. The van der Waals surface area contributed by atoms with Crippen LogP contribution < -0.4 is 11.1 Å². The maximum absolute atomic E-state index is 10.4. The molecule has 0 spiro atoms.